The van der Waals surface area contributed by atoms with E-state index in [0.29, 0.717) is 0 Å². The summed E-state index contributed by atoms with van der Waals surface area (Å²) in [6.07, 6.45) is 1.90. The Morgan fingerprint density at radius 2 is 1.19 bits per heavy atom. The van der Waals surface area contributed by atoms with Gasteiger partial charge in [0.15, 0.2) is 0 Å². The molecule has 11 aromatic rings. The van der Waals surface area contributed by atoms with E-state index in [0.717, 1.165) is 82.5 Å². The lowest BCUT2D eigenvalue weighted by Gasteiger charge is -2.21. The van der Waals surface area contributed by atoms with Gasteiger partial charge < -0.3 is 9.51 Å². The molecule has 0 amide bonds. The molecule has 0 saturated heterocycles. The van der Waals surface area contributed by atoms with E-state index in [2.05, 4.69) is 159 Å². The highest BCUT2D eigenvalue weighted by Crippen LogP contribution is 2.48. The van der Waals surface area contributed by atoms with Gasteiger partial charge in [-0.15, -0.1) is 0 Å². The first kappa shape index (κ1) is 30.8. The average Bonchev–Trinajstić information content (AvgIpc) is 3.73. The maximum Gasteiger partial charge on any atom is 0.127 e. The highest BCUT2D eigenvalue weighted by molar-refractivity contribution is 6.38. The summed E-state index contributed by atoms with van der Waals surface area (Å²) < 4.78 is 2.33. The van der Waals surface area contributed by atoms with Crippen molar-refractivity contribution in [3.63, 3.8) is 0 Å². The van der Waals surface area contributed by atoms with Crippen molar-refractivity contribution < 1.29 is 5.11 Å². The predicted molar refractivity (Wildman–Crippen MR) is 226 cm³/mol. The van der Waals surface area contributed by atoms with Crippen LogP contribution >= 0.6 is 0 Å². The lowest BCUT2D eigenvalue weighted by Crippen LogP contribution is -2.11. The molecule has 0 aliphatic carbocycles. The van der Waals surface area contributed by atoms with Gasteiger partial charge in [0.25, 0.3) is 0 Å². The molecule has 0 spiro atoms. The zero-order valence-electron chi connectivity index (χ0n) is 30.2. The van der Waals surface area contributed by atoms with Crippen LogP contribution in [0.4, 0.5) is 0 Å². The molecule has 0 aliphatic heterocycles. The van der Waals surface area contributed by atoms with Crippen LogP contribution in [0.25, 0.3) is 104 Å². The molecule has 0 unspecified atom stereocenters. The minimum Gasteiger partial charge on any atom is -0.507 e. The Morgan fingerprint density at radius 3 is 2.00 bits per heavy atom. The highest BCUT2D eigenvalue weighted by atomic mass is 16.3. The molecule has 0 aliphatic rings. The Hall–Kier alpha value is -6.78. The van der Waals surface area contributed by atoms with Gasteiger partial charge in [0.05, 0.1) is 38.8 Å². The first-order valence-electron chi connectivity index (χ1n) is 18.6. The van der Waals surface area contributed by atoms with Crippen molar-refractivity contribution in [3.05, 3.63) is 157 Å². The van der Waals surface area contributed by atoms with E-state index in [-0.39, 0.29) is 11.2 Å². The Morgan fingerprint density at radius 1 is 0.481 bits per heavy atom. The molecule has 0 saturated carbocycles. The van der Waals surface area contributed by atoms with Crippen molar-refractivity contribution in [3.8, 4) is 39.4 Å². The van der Waals surface area contributed by atoms with E-state index in [1.807, 2.05) is 18.3 Å². The molecule has 0 bridgehead atoms. The summed E-state index contributed by atoms with van der Waals surface area (Å²) in [6, 6.07) is 51.4. The molecule has 7 aromatic carbocycles. The van der Waals surface area contributed by atoms with Crippen LogP contribution in [0.5, 0.6) is 5.75 Å². The topological polar surface area (TPSA) is 50.4 Å². The average molecular weight is 694 g/mol. The van der Waals surface area contributed by atoms with Gasteiger partial charge in [-0.05, 0) is 81.4 Å². The summed E-state index contributed by atoms with van der Waals surface area (Å²) in [5.74, 6) is 0.231. The van der Waals surface area contributed by atoms with Gasteiger partial charge in [0, 0.05) is 55.7 Å². The van der Waals surface area contributed by atoms with Crippen LogP contribution in [0, 0.1) is 0 Å². The summed E-state index contributed by atoms with van der Waals surface area (Å²) in [7, 11) is 0. The van der Waals surface area contributed by atoms with E-state index >= 15 is 0 Å². The second kappa shape index (κ2) is 11.1. The molecule has 0 fully saturated rings. The third-order valence-corrected chi connectivity index (χ3v) is 11.4. The fourth-order valence-corrected chi connectivity index (χ4v) is 8.80. The van der Waals surface area contributed by atoms with Crippen molar-refractivity contribution in [1.29, 1.82) is 0 Å². The number of hydrogen-bond donors (Lipinski definition) is 1. The lowest BCUT2D eigenvalue weighted by atomic mass is 9.84. The van der Waals surface area contributed by atoms with Gasteiger partial charge in [0.1, 0.15) is 5.75 Å². The quantitative estimate of drug-likeness (QED) is 0.187. The number of aromatic hydroxyl groups is 1. The van der Waals surface area contributed by atoms with Crippen molar-refractivity contribution in [2.45, 2.75) is 26.2 Å². The Bertz CT molecular complexity index is 3320. The fraction of sp³-hybridized carbons (Fsp3) is 0.0800. The van der Waals surface area contributed by atoms with E-state index in [1.165, 1.54) is 27.2 Å². The van der Waals surface area contributed by atoms with Crippen LogP contribution in [0.3, 0.4) is 0 Å². The Kier molecular flexibility index (Phi) is 6.34. The number of rotatable bonds is 3. The number of hydrogen-bond acceptors (Lipinski definition) is 3. The number of para-hydroxylation sites is 2. The maximum atomic E-state index is 12.2. The molecular formula is C50H35N3O. The summed E-state index contributed by atoms with van der Waals surface area (Å²) in [4.78, 5) is 10.3. The van der Waals surface area contributed by atoms with Gasteiger partial charge >= 0.3 is 0 Å². The molecule has 1 N–H and O–H groups in total. The summed E-state index contributed by atoms with van der Waals surface area (Å²) >= 11 is 0. The molecule has 4 heteroatoms. The number of fused-ring (bicyclic) bond motifs is 13. The lowest BCUT2D eigenvalue weighted by molar-refractivity contribution is 0.482. The molecule has 4 nitrogen and oxygen atoms in total. The van der Waals surface area contributed by atoms with Crippen LogP contribution in [0.1, 0.15) is 26.3 Å². The van der Waals surface area contributed by atoms with Crippen molar-refractivity contribution in [2.24, 2.45) is 0 Å². The second-order valence-electron chi connectivity index (χ2n) is 15.6. The van der Waals surface area contributed by atoms with Gasteiger partial charge in [0.2, 0.25) is 0 Å². The SMILES string of the molecule is CC(C)(C)c1cc(-c2cc(-c3ccccc3)ccn2)cc(-c2ccc3c4ccccc4c4c(c(O)cc5c4c4cccc6c7ccccc7n5c64)c3n2)c1. The predicted octanol–water partition coefficient (Wildman–Crippen LogP) is 13.1. The van der Waals surface area contributed by atoms with Crippen LogP contribution < -0.4 is 0 Å². The molecule has 0 atom stereocenters. The summed E-state index contributed by atoms with van der Waals surface area (Å²) in [6.45, 7) is 6.74. The van der Waals surface area contributed by atoms with E-state index in [1.54, 1.807) is 0 Å². The third kappa shape index (κ3) is 4.37. The van der Waals surface area contributed by atoms with Crippen LogP contribution in [0.15, 0.2) is 152 Å². The van der Waals surface area contributed by atoms with Crippen LogP contribution in [-0.2, 0) is 5.41 Å². The Labute approximate surface area is 311 Å². The number of benzene rings is 7. The number of nitrogens with zero attached hydrogens (tertiary/aromatic N) is 3. The summed E-state index contributed by atoms with van der Waals surface area (Å²) in [5, 5.41) is 22.0. The zero-order chi connectivity index (χ0) is 36.3. The molecule has 4 heterocycles. The van der Waals surface area contributed by atoms with E-state index < -0.39 is 0 Å². The normalized spacial score (nSPS) is 12.4. The highest BCUT2D eigenvalue weighted by Gasteiger charge is 2.24. The molecule has 11 rings (SSSR count). The van der Waals surface area contributed by atoms with Gasteiger partial charge in [-0.2, -0.15) is 0 Å². The van der Waals surface area contributed by atoms with Gasteiger partial charge in [-0.25, -0.2) is 4.98 Å². The monoisotopic (exact) mass is 693 g/mol. The minimum atomic E-state index is -0.109. The van der Waals surface area contributed by atoms with Crippen molar-refractivity contribution in [1.82, 2.24) is 14.4 Å². The largest absolute Gasteiger partial charge is 0.507 e. The second-order valence-corrected chi connectivity index (χ2v) is 15.6. The molecule has 256 valence electrons. The molecular weight excluding hydrogens is 659 g/mol. The standard InChI is InChI=1S/C50H35N3O/c1-50(2,3)33-25-31(24-32(26-33)41-27-30(22-23-51-41)29-12-5-4-6-13-29)40-21-20-37-34-14-7-8-16-36(34)46-45-39-18-11-17-38-35-15-9-10-19-42(35)53(49(38)39)43(45)28-44(54)47(46)48(37)52-40/h4-28,54H,1-3H3. The summed E-state index contributed by atoms with van der Waals surface area (Å²) in [5.41, 5.74) is 11.3. The van der Waals surface area contributed by atoms with Gasteiger partial charge in [-0.1, -0.05) is 112 Å². The van der Waals surface area contributed by atoms with Crippen molar-refractivity contribution >= 4 is 70.5 Å². The zero-order valence-corrected chi connectivity index (χ0v) is 30.2. The Balaban J connectivity index is 1.21. The third-order valence-electron chi connectivity index (χ3n) is 11.4. The van der Waals surface area contributed by atoms with Crippen LogP contribution in [0.2, 0.25) is 0 Å². The number of phenols is 1. The first-order valence-corrected chi connectivity index (χ1v) is 18.6. The molecule has 0 radical (unpaired) electrons. The minimum absolute atomic E-state index is 0.109. The number of phenolic OH excluding ortho intramolecular Hbond substituents is 1. The van der Waals surface area contributed by atoms with E-state index in [9.17, 15) is 5.11 Å². The molecule has 4 aromatic heterocycles. The number of aromatic nitrogens is 3. The van der Waals surface area contributed by atoms with E-state index in [4.69, 9.17) is 9.97 Å². The molecule has 54 heavy (non-hydrogen) atoms. The van der Waals surface area contributed by atoms with Crippen LogP contribution in [-0.4, -0.2) is 19.5 Å². The first-order chi connectivity index (χ1) is 26.3. The van der Waals surface area contributed by atoms with Crippen molar-refractivity contribution in [2.75, 3.05) is 0 Å². The number of pyridine rings is 2. The van der Waals surface area contributed by atoms with Gasteiger partial charge in [-0.3, -0.25) is 4.98 Å². The maximum absolute atomic E-state index is 12.2. The smallest absolute Gasteiger partial charge is 0.127 e. The fourth-order valence-electron chi connectivity index (χ4n) is 8.80.